The maximum absolute atomic E-state index is 11.5. The van der Waals surface area contributed by atoms with Gasteiger partial charge in [0.1, 0.15) is 30.1 Å². The van der Waals surface area contributed by atoms with E-state index < -0.39 is 43.2 Å². The van der Waals surface area contributed by atoms with E-state index in [1.165, 1.54) is 6.92 Å². The number of carbonyl (C=O) groups is 1. The number of aliphatic hydroxyl groups excluding tert-OH is 3. The number of nitrogens with zero attached hydrogens (tertiary/aromatic N) is 1. The first-order valence-corrected chi connectivity index (χ1v) is 9.08. The highest BCUT2D eigenvalue weighted by Gasteiger charge is 2.46. The Labute approximate surface area is 162 Å². The highest BCUT2D eigenvalue weighted by atomic mass is 79.9. The van der Waals surface area contributed by atoms with Crippen molar-refractivity contribution in [3.63, 3.8) is 0 Å². The Balaban J connectivity index is 1.96. The summed E-state index contributed by atoms with van der Waals surface area (Å²) in [6, 6.07) is 2.52. The van der Waals surface area contributed by atoms with Crippen molar-refractivity contribution in [2.45, 2.75) is 37.6 Å². The van der Waals surface area contributed by atoms with Gasteiger partial charge in [0, 0.05) is 11.4 Å². The van der Waals surface area contributed by atoms with Crippen molar-refractivity contribution in [2.75, 3.05) is 13.2 Å². The Morgan fingerprint density at radius 3 is 2.85 bits per heavy atom. The quantitative estimate of drug-likeness (QED) is 0.458. The van der Waals surface area contributed by atoms with Crippen LogP contribution in [0.3, 0.4) is 0 Å². The molecule has 0 spiro atoms. The fraction of sp³-hybridized carbons (Fsp3) is 0.500. The molecule has 2 heterocycles. The van der Waals surface area contributed by atoms with Crippen molar-refractivity contribution in [3.05, 3.63) is 32.2 Å². The molecule has 0 saturated carbocycles. The van der Waals surface area contributed by atoms with Crippen molar-refractivity contribution < 1.29 is 29.6 Å². The average molecular weight is 450 g/mol. The van der Waals surface area contributed by atoms with Gasteiger partial charge >= 0.3 is 0 Å². The minimum atomic E-state index is -1.38. The molecule has 4 N–H and O–H groups in total. The molecule has 10 heteroatoms. The Morgan fingerprint density at radius 1 is 1.46 bits per heavy atom. The number of hydrogen-bond acceptors (Lipinski definition) is 7. The van der Waals surface area contributed by atoms with Crippen molar-refractivity contribution in [1.82, 2.24) is 5.32 Å². The molecule has 0 aromatic heterocycles. The minimum Gasteiger partial charge on any atom is -0.464 e. The summed E-state index contributed by atoms with van der Waals surface area (Å²) >= 11 is 9.68. The third-order valence-corrected chi connectivity index (χ3v) is 5.54. The number of fused-ring (bicyclic) bond motifs is 1. The summed E-state index contributed by atoms with van der Waals surface area (Å²) in [5, 5.41) is 33.9. The van der Waals surface area contributed by atoms with Crippen LogP contribution in [0.15, 0.2) is 21.6 Å². The van der Waals surface area contributed by atoms with E-state index in [1.54, 1.807) is 12.1 Å². The van der Waals surface area contributed by atoms with Crippen LogP contribution in [0.4, 0.5) is 0 Å². The third kappa shape index (κ3) is 3.60. The highest BCUT2D eigenvalue weighted by molar-refractivity contribution is 9.10. The summed E-state index contributed by atoms with van der Waals surface area (Å²) in [7, 11) is 0. The van der Waals surface area contributed by atoms with E-state index in [4.69, 9.17) is 21.1 Å². The van der Waals surface area contributed by atoms with E-state index in [9.17, 15) is 20.1 Å². The predicted octanol–water partition coefficient (Wildman–Crippen LogP) is -1.20. The standard InChI is InChI=1S/C16H18BrClN2O6/c1-6(22)20-13-15(24)14(23)10(5-21)26-16(13)25-9-4-19-8-3-2-7(17)12(18)11(8)9/h2-3,10,13-16,21,23-24H,4-5H2,1H3,(H,20,22)/t10-,13+,14-,15-,16-/m1/s1. The highest BCUT2D eigenvalue weighted by Crippen LogP contribution is 2.25. The molecule has 3 rings (SSSR count). The Kier molecular flexibility index (Phi) is 5.85. The zero-order chi connectivity index (χ0) is 19.0. The molecule has 0 aliphatic carbocycles. The van der Waals surface area contributed by atoms with Crippen LogP contribution in [0.25, 0.3) is 5.76 Å². The van der Waals surface area contributed by atoms with Gasteiger partial charge in [0.25, 0.3) is 0 Å². The van der Waals surface area contributed by atoms with Crippen LogP contribution < -0.4 is 15.9 Å². The molecule has 26 heavy (non-hydrogen) atoms. The lowest BCUT2D eigenvalue weighted by Crippen LogP contribution is -2.64. The van der Waals surface area contributed by atoms with Gasteiger partial charge in [-0.2, -0.15) is 0 Å². The lowest BCUT2D eigenvalue weighted by atomic mass is 9.97. The molecule has 1 amide bonds. The number of rotatable bonds is 4. The summed E-state index contributed by atoms with van der Waals surface area (Å²) in [6.07, 6.45) is -4.96. The van der Waals surface area contributed by atoms with Gasteiger partial charge in [-0.1, -0.05) is 11.6 Å². The van der Waals surface area contributed by atoms with Gasteiger partial charge in [-0.15, -0.1) is 0 Å². The van der Waals surface area contributed by atoms with E-state index in [1.807, 2.05) is 0 Å². The van der Waals surface area contributed by atoms with Crippen molar-refractivity contribution in [1.29, 1.82) is 0 Å². The molecule has 0 bridgehead atoms. The van der Waals surface area contributed by atoms with Crippen LogP contribution in [0, 0.1) is 0 Å². The number of amides is 1. The van der Waals surface area contributed by atoms with E-state index in [0.717, 1.165) is 0 Å². The van der Waals surface area contributed by atoms with Crippen LogP contribution in [-0.2, 0) is 14.3 Å². The zero-order valence-corrected chi connectivity index (χ0v) is 16.1. The Bertz CT molecular complexity index is 835. The molecular weight excluding hydrogens is 432 g/mol. The summed E-state index contributed by atoms with van der Waals surface area (Å²) in [5.41, 5.74) is 0. The van der Waals surface area contributed by atoms with Crippen molar-refractivity contribution in [2.24, 2.45) is 4.99 Å². The van der Waals surface area contributed by atoms with E-state index in [0.29, 0.717) is 25.8 Å². The molecule has 1 saturated heterocycles. The van der Waals surface area contributed by atoms with Crippen LogP contribution in [0.5, 0.6) is 0 Å². The number of aliphatic hydroxyl groups is 3. The fourth-order valence-electron chi connectivity index (χ4n) is 2.98. The smallest absolute Gasteiger partial charge is 0.223 e. The second kappa shape index (κ2) is 7.79. The molecule has 1 fully saturated rings. The van der Waals surface area contributed by atoms with Crippen LogP contribution in [0.1, 0.15) is 6.92 Å². The summed E-state index contributed by atoms with van der Waals surface area (Å²) in [6.45, 7) is 0.962. The second-order valence-corrected chi connectivity index (χ2v) is 7.28. The van der Waals surface area contributed by atoms with Gasteiger partial charge in [-0.3, -0.25) is 9.79 Å². The predicted molar refractivity (Wildman–Crippen MR) is 94.7 cm³/mol. The first kappa shape index (κ1) is 19.5. The maximum Gasteiger partial charge on any atom is 0.223 e. The zero-order valence-electron chi connectivity index (χ0n) is 13.7. The summed E-state index contributed by atoms with van der Waals surface area (Å²) in [4.78, 5) is 15.8. The lowest BCUT2D eigenvalue weighted by molar-refractivity contribution is -0.252. The van der Waals surface area contributed by atoms with Gasteiger partial charge in [-0.25, -0.2) is 0 Å². The largest absolute Gasteiger partial charge is 0.464 e. The van der Waals surface area contributed by atoms with Crippen molar-refractivity contribution >= 4 is 39.2 Å². The first-order chi connectivity index (χ1) is 12.3. The monoisotopic (exact) mass is 448 g/mol. The number of carbonyl (C=O) groups excluding carboxylic acids is 1. The van der Waals surface area contributed by atoms with Gasteiger partial charge in [0.05, 0.1) is 28.8 Å². The fourth-order valence-corrected chi connectivity index (χ4v) is 3.58. The van der Waals surface area contributed by atoms with Gasteiger partial charge in [-0.05, 0) is 28.1 Å². The minimum absolute atomic E-state index is 0.209. The SMILES string of the molecule is CC(=O)N[C@@H]1[C@H](OC2=c3c(Cl)c(Br)ccc3=NC2)O[C@H](CO)[C@@H](O)[C@@H]1O. The lowest BCUT2D eigenvalue weighted by Gasteiger charge is -2.42. The molecule has 8 nitrogen and oxygen atoms in total. The number of nitrogens with one attached hydrogen (secondary N) is 1. The average Bonchev–Trinajstić information content (AvgIpc) is 3.01. The molecule has 1 aromatic carbocycles. The van der Waals surface area contributed by atoms with E-state index >= 15 is 0 Å². The van der Waals surface area contributed by atoms with Crippen LogP contribution >= 0.6 is 27.5 Å². The maximum atomic E-state index is 11.5. The molecular formula is C16H18BrClN2O6. The molecule has 0 radical (unpaired) electrons. The normalized spacial score (nSPS) is 30.5. The van der Waals surface area contributed by atoms with Gasteiger partial charge in [0.2, 0.25) is 12.2 Å². The van der Waals surface area contributed by atoms with Crippen molar-refractivity contribution in [3.8, 4) is 0 Å². The Hall–Kier alpha value is -1.23. The summed E-state index contributed by atoms with van der Waals surface area (Å²) < 4.78 is 12.1. The summed E-state index contributed by atoms with van der Waals surface area (Å²) in [5.74, 6) is -0.0184. The molecule has 5 atom stereocenters. The molecule has 2 aliphatic heterocycles. The first-order valence-electron chi connectivity index (χ1n) is 7.91. The Morgan fingerprint density at radius 2 is 2.19 bits per heavy atom. The number of hydrogen-bond donors (Lipinski definition) is 4. The number of halogens is 2. The molecule has 142 valence electrons. The van der Waals surface area contributed by atoms with E-state index in [2.05, 4.69) is 26.2 Å². The topological polar surface area (TPSA) is 121 Å². The molecule has 0 unspecified atom stereocenters. The number of benzene rings is 1. The van der Waals surface area contributed by atoms with Crippen LogP contribution in [-0.4, -0.2) is 65.0 Å². The van der Waals surface area contributed by atoms with Crippen LogP contribution in [0.2, 0.25) is 5.02 Å². The molecule has 1 aromatic rings. The third-order valence-electron chi connectivity index (χ3n) is 4.25. The van der Waals surface area contributed by atoms with Gasteiger partial charge in [0.15, 0.2) is 0 Å². The van der Waals surface area contributed by atoms with Gasteiger partial charge < -0.3 is 30.1 Å². The molecule has 2 aliphatic rings. The number of ether oxygens (including phenoxy) is 2. The van der Waals surface area contributed by atoms with E-state index in [-0.39, 0.29) is 6.54 Å². The second-order valence-electron chi connectivity index (χ2n) is 6.05.